The first kappa shape index (κ1) is 18.5. The molecule has 1 aromatic carbocycles. The molecular weight excluding hydrogens is 382 g/mol. The molecule has 1 saturated heterocycles. The number of benzene rings is 1. The highest BCUT2D eigenvalue weighted by Crippen LogP contribution is 2.36. The molecule has 6 nitrogen and oxygen atoms in total. The number of fused-ring (bicyclic) bond motifs is 3. The molecule has 4 heterocycles. The van der Waals surface area contributed by atoms with Crippen LogP contribution in [0, 0.1) is 26.7 Å². The summed E-state index contributed by atoms with van der Waals surface area (Å²) < 4.78 is 7.63. The molecule has 0 saturated carbocycles. The van der Waals surface area contributed by atoms with Gasteiger partial charge in [-0.3, -0.25) is 9.56 Å². The molecule has 0 amide bonds. The van der Waals surface area contributed by atoms with Gasteiger partial charge in [-0.15, -0.1) is 21.5 Å². The van der Waals surface area contributed by atoms with E-state index in [0.29, 0.717) is 12.5 Å². The third kappa shape index (κ3) is 3.28. The molecule has 150 valence electrons. The second-order valence-corrected chi connectivity index (χ2v) is 9.02. The second-order valence-electron chi connectivity index (χ2n) is 7.81. The summed E-state index contributed by atoms with van der Waals surface area (Å²) in [5.41, 5.74) is 5.81. The van der Waals surface area contributed by atoms with Gasteiger partial charge in [-0.25, -0.2) is 0 Å². The average molecular weight is 408 g/mol. The molecule has 1 N–H and O–H groups in total. The quantitative estimate of drug-likeness (QED) is 0.709. The summed E-state index contributed by atoms with van der Waals surface area (Å²) in [7, 11) is 0. The number of anilines is 1. The predicted molar refractivity (Wildman–Crippen MR) is 117 cm³/mol. The Morgan fingerprint density at radius 3 is 2.76 bits per heavy atom. The smallest absolute Gasteiger partial charge is 0.160 e. The Bertz CT molecular complexity index is 1070. The van der Waals surface area contributed by atoms with Crippen molar-refractivity contribution < 1.29 is 4.74 Å². The number of thiophene rings is 1. The number of nitrogens with zero attached hydrogens (tertiary/aromatic N) is 4. The normalized spacial score (nSPS) is 18.2. The van der Waals surface area contributed by atoms with E-state index in [9.17, 15) is 0 Å². The lowest BCUT2D eigenvalue weighted by Gasteiger charge is -2.12. The van der Waals surface area contributed by atoms with Crippen LogP contribution in [0.25, 0.3) is 5.00 Å². The molecular formula is C22H25N5OS. The Hall–Kier alpha value is -2.51. The number of rotatable bonds is 4. The summed E-state index contributed by atoms with van der Waals surface area (Å²) in [6.07, 6.45) is 1.14. The monoisotopic (exact) mass is 407 g/mol. The summed E-state index contributed by atoms with van der Waals surface area (Å²) in [6.45, 7) is 9.61. The van der Waals surface area contributed by atoms with Crippen LogP contribution < -0.4 is 5.32 Å². The van der Waals surface area contributed by atoms with Crippen molar-refractivity contribution in [3.8, 4) is 5.00 Å². The van der Waals surface area contributed by atoms with E-state index in [-0.39, 0.29) is 0 Å². The third-order valence-electron chi connectivity index (χ3n) is 5.85. The van der Waals surface area contributed by atoms with Gasteiger partial charge in [0, 0.05) is 40.8 Å². The van der Waals surface area contributed by atoms with Crippen LogP contribution in [0.15, 0.2) is 29.3 Å². The molecule has 2 aliphatic rings. The Morgan fingerprint density at radius 2 is 2.00 bits per heavy atom. The summed E-state index contributed by atoms with van der Waals surface area (Å²) in [6, 6.07) is 8.64. The first-order valence-corrected chi connectivity index (χ1v) is 10.9. The summed E-state index contributed by atoms with van der Waals surface area (Å²) in [5.74, 6) is 2.42. The minimum atomic E-state index is 0.539. The van der Waals surface area contributed by atoms with Gasteiger partial charge < -0.3 is 10.1 Å². The summed E-state index contributed by atoms with van der Waals surface area (Å²) in [4.78, 5) is 6.27. The van der Waals surface area contributed by atoms with E-state index in [2.05, 4.69) is 58.2 Å². The fraction of sp³-hybridized carbons (Fsp3) is 0.409. The van der Waals surface area contributed by atoms with Crippen LogP contribution in [0.5, 0.6) is 0 Å². The Morgan fingerprint density at radius 1 is 1.17 bits per heavy atom. The van der Waals surface area contributed by atoms with Gasteiger partial charge in [0.15, 0.2) is 5.82 Å². The molecule has 1 fully saturated rings. The van der Waals surface area contributed by atoms with Crippen LogP contribution in [-0.2, 0) is 11.3 Å². The average Bonchev–Trinajstić information content (AvgIpc) is 3.41. The van der Waals surface area contributed by atoms with E-state index in [1.807, 2.05) is 6.92 Å². The van der Waals surface area contributed by atoms with E-state index in [1.54, 1.807) is 11.3 Å². The number of nitrogens with one attached hydrogen (secondary N) is 1. The van der Waals surface area contributed by atoms with Crippen molar-refractivity contribution in [1.82, 2.24) is 14.8 Å². The Kier molecular flexibility index (Phi) is 4.72. The second kappa shape index (κ2) is 7.39. The first-order chi connectivity index (χ1) is 14.1. The van der Waals surface area contributed by atoms with Gasteiger partial charge in [-0.05, 0) is 44.9 Å². The molecule has 0 radical (unpaired) electrons. The van der Waals surface area contributed by atoms with Crippen LogP contribution in [0.4, 0.5) is 5.69 Å². The molecule has 3 aromatic rings. The molecule has 0 spiro atoms. The maximum absolute atomic E-state index is 5.46. The van der Waals surface area contributed by atoms with Crippen LogP contribution in [0.1, 0.15) is 39.6 Å². The highest BCUT2D eigenvalue weighted by Gasteiger charge is 2.26. The standard InChI is InChI=1S/C22H25N5OS/c1-13-14(2)29-22-20(13)21(24-11-19-26-25-15(3)27(19)22)17-4-6-18(7-5-17)23-10-16-8-9-28-12-16/h4-7,16,23H,8-12H2,1-3H3. The fourth-order valence-corrected chi connectivity index (χ4v) is 5.26. The molecule has 29 heavy (non-hydrogen) atoms. The maximum atomic E-state index is 5.46. The summed E-state index contributed by atoms with van der Waals surface area (Å²) in [5, 5.41) is 13.3. The molecule has 2 aromatic heterocycles. The number of aliphatic imine (C=N–C) groups is 1. The minimum absolute atomic E-state index is 0.539. The molecule has 7 heteroatoms. The highest BCUT2D eigenvalue weighted by molar-refractivity contribution is 7.15. The highest BCUT2D eigenvalue weighted by atomic mass is 32.1. The van der Waals surface area contributed by atoms with E-state index >= 15 is 0 Å². The van der Waals surface area contributed by atoms with Crippen LogP contribution in [0.2, 0.25) is 0 Å². The Balaban J connectivity index is 1.47. The van der Waals surface area contributed by atoms with Gasteiger partial charge in [0.2, 0.25) is 0 Å². The molecule has 1 atom stereocenters. The lowest BCUT2D eigenvalue weighted by molar-refractivity contribution is 0.187. The van der Waals surface area contributed by atoms with Gasteiger partial charge in [-0.2, -0.15) is 0 Å². The van der Waals surface area contributed by atoms with Crippen LogP contribution >= 0.6 is 11.3 Å². The molecule has 1 unspecified atom stereocenters. The number of aromatic nitrogens is 3. The fourth-order valence-electron chi connectivity index (χ4n) is 4.04. The van der Waals surface area contributed by atoms with Crippen LogP contribution in [0.3, 0.4) is 0 Å². The molecule has 5 rings (SSSR count). The van der Waals surface area contributed by atoms with Crippen molar-refractivity contribution in [2.75, 3.05) is 25.1 Å². The maximum Gasteiger partial charge on any atom is 0.160 e. The number of aryl methyl sites for hydroxylation is 2. The van der Waals surface area contributed by atoms with Crippen molar-refractivity contribution in [1.29, 1.82) is 0 Å². The lowest BCUT2D eigenvalue weighted by atomic mass is 9.99. The molecule has 0 bridgehead atoms. The zero-order chi connectivity index (χ0) is 20.0. The SMILES string of the molecule is Cc1sc2c(c1C)C(c1ccc(NCC3CCOC3)cc1)=NCc1nnc(C)n1-2. The van der Waals surface area contributed by atoms with Gasteiger partial charge in [0.1, 0.15) is 17.4 Å². The Labute approximate surface area is 174 Å². The van der Waals surface area contributed by atoms with Gasteiger partial charge in [0.25, 0.3) is 0 Å². The van der Waals surface area contributed by atoms with E-state index in [1.165, 1.54) is 21.0 Å². The van der Waals surface area contributed by atoms with E-state index in [4.69, 9.17) is 9.73 Å². The number of ether oxygens (including phenoxy) is 1. The largest absolute Gasteiger partial charge is 0.385 e. The van der Waals surface area contributed by atoms with Crippen molar-refractivity contribution in [3.05, 3.63) is 57.5 Å². The van der Waals surface area contributed by atoms with Crippen molar-refractivity contribution in [2.45, 2.75) is 33.7 Å². The number of hydrogen-bond acceptors (Lipinski definition) is 6. The van der Waals surface area contributed by atoms with Crippen molar-refractivity contribution in [2.24, 2.45) is 10.9 Å². The van der Waals surface area contributed by atoms with Crippen molar-refractivity contribution >= 4 is 22.7 Å². The summed E-state index contributed by atoms with van der Waals surface area (Å²) >= 11 is 1.79. The van der Waals surface area contributed by atoms with Gasteiger partial charge in [0.05, 0.1) is 12.3 Å². The van der Waals surface area contributed by atoms with Gasteiger partial charge in [-0.1, -0.05) is 12.1 Å². The number of hydrogen-bond donors (Lipinski definition) is 1. The van der Waals surface area contributed by atoms with Gasteiger partial charge >= 0.3 is 0 Å². The lowest BCUT2D eigenvalue weighted by Crippen LogP contribution is -2.14. The molecule has 0 aliphatic carbocycles. The van der Waals surface area contributed by atoms with Crippen LogP contribution in [-0.4, -0.2) is 40.2 Å². The predicted octanol–water partition coefficient (Wildman–Crippen LogP) is 4.05. The zero-order valence-corrected chi connectivity index (χ0v) is 17.8. The molecule has 2 aliphatic heterocycles. The van der Waals surface area contributed by atoms with E-state index in [0.717, 1.165) is 54.8 Å². The topological polar surface area (TPSA) is 64.3 Å². The van der Waals surface area contributed by atoms with E-state index < -0.39 is 0 Å². The zero-order valence-electron chi connectivity index (χ0n) is 17.0. The first-order valence-electron chi connectivity index (χ1n) is 10.1. The minimum Gasteiger partial charge on any atom is -0.385 e. The van der Waals surface area contributed by atoms with Crippen molar-refractivity contribution in [3.63, 3.8) is 0 Å². The third-order valence-corrected chi connectivity index (χ3v) is 7.05.